The summed E-state index contributed by atoms with van der Waals surface area (Å²) in [6, 6.07) is 0. The molecule has 35 heavy (non-hydrogen) atoms. The van der Waals surface area contributed by atoms with Gasteiger partial charge in [-0.25, -0.2) is 18.3 Å². The van der Waals surface area contributed by atoms with Crippen molar-refractivity contribution >= 4 is 26.8 Å². The van der Waals surface area contributed by atoms with E-state index in [2.05, 4.69) is 23.3 Å². The molecule has 2 fully saturated rings. The van der Waals surface area contributed by atoms with Gasteiger partial charge in [0, 0.05) is 0 Å². The maximum atomic E-state index is 12.6. The van der Waals surface area contributed by atoms with Crippen molar-refractivity contribution in [1.82, 2.24) is 14.5 Å². The van der Waals surface area contributed by atoms with Crippen LogP contribution in [0.25, 0.3) is 11.2 Å². The molecule has 0 spiro atoms. The fourth-order valence-corrected chi connectivity index (χ4v) is 6.23. The van der Waals surface area contributed by atoms with Crippen LogP contribution in [0.1, 0.15) is 12.5 Å². The van der Waals surface area contributed by atoms with Gasteiger partial charge in [0.15, 0.2) is 12.7 Å². The molecule has 0 radical (unpaired) electrons. The normalized spacial score (nSPS) is 44.6. The lowest BCUT2D eigenvalue weighted by Crippen LogP contribution is -2.46. The van der Waals surface area contributed by atoms with Gasteiger partial charge in [0.2, 0.25) is 18.0 Å². The number of aromatic amines is 1. The summed E-state index contributed by atoms with van der Waals surface area (Å²) in [4.78, 5) is 38.6. The largest absolute Gasteiger partial charge is 0.481 e. The number of aliphatic hydroxyl groups is 4. The number of hydrogen-bond donors (Lipinski definition) is 7. The molecular formula is C15H21N4O14P2+. The minimum absolute atomic E-state index is 0.0723. The maximum Gasteiger partial charge on any atom is 0.481 e. The van der Waals surface area contributed by atoms with Crippen LogP contribution in [-0.2, 0) is 32.0 Å². The number of phosphoric ester groups is 2. The quantitative estimate of drug-likeness (QED) is 0.126. The molecule has 3 aliphatic rings. The average Bonchev–Trinajstić information content (AvgIpc) is 3.38. The standard InChI is InChI=1S/C15H20N4O14P2/c20-8-5-1-29-34(25,26)33-35(27,28)30-2-6-9(21)11(23)15(32-6)19-4-18(14(31-5)10(8)22)7-12(19)16-3-17-13(7)24/h3-6,8-11,14-15,20-23H,1-2H2,(H2-,16,17,24,25,26,27,28)/p+1/t5-,6-,8-,9-,10-,11-,14-,15-/m1/s1. The van der Waals surface area contributed by atoms with Gasteiger partial charge in [0.25, 0.3) is 5.56 Å². The van der Waals surface area contributed by atoms with Crippen LogP contribution in [0.5, 0.6) is 0 Å². The number of nitrogens with zero attached hydrogens (tertiary/aromatic N) is 3. The van der Waals surface area contributed by atoms with E-state index in [0.29, 0.717) is 0 Å². The molecule has 2 aromatic rings. The summed E-state index contributed by atoms with van der Waals surface area (Å²) in [5.41, 5.74) is -0.938. The van der Waals surface area contributed by atoms with Crippen molar-refractivity contribution in [3.63, 3.8) is 0 Å². The maximum absolute atomic E-state index is 12.6. The van der Waals surface area contributed by atoms with Gasteiger partial charge in [0.1, 0.15) is 36.6 Å². The zero-order chi connectivity index (χ0) is 25.3. The van der Waals surface area contributed by atoms with Gasteiger partial charge in [0.05, 0.1) is 13.2 Å². The highest BCUT2D eigenvalue weighted by molar-refractivity contribution is 7.61. The number of aliphatic hydroxyl groups excluding tert-OH is 4. The topological polar surface area (TPSA) is 256 Å². The number of phosphoric acid groups is 2. The lowest BCUT2D eigenvalue weighted by molar-refractivity contribution is -0.746. The van der Waals surface area contributed by atoms with Crippen LogP contribution < -0.4 is 10.1 Å². The fourth-order valence-electron chi connectivity index (χ4n) is 4.14. The third kappa shape index (κ3) is 4.40. The van der Waals surface area contributed by atoms with Gasteiger partial charge in [-0.3, -0.25) is 18.8 Å². The number of nitrogens with one attached hydrogen (secondary N) is 1. The van der Waals surface area contributed by atoms with E-state index in [0.717, 1.165) is 15.5 Å². The van der Waals surface area contributed by atoms with Crippen molar-refractivity contribution in [2.45, 2.75) is 49.1 Å². The second-order valence-corrected chi connectivity index (χ2v) is 11.1. The summed E-state index contributed by atoms with van der Waals surface area (Å²) in [6.07, 6.45) is -10.2. The van der Waals surface area contributed by atoms with Crippen molar-refractivity contribution in [1.29, 1.82) is 0 Å². The number of hydrogen-bond acceptors (Lipinski definition) is 13. The van der Waals surface area contributed by atoms with Crippen LogP contribution >= 0.6 is 15.6 Å². The fraction of sp³-hybridized carbons (Fsp3) is 0.667. The van der Waals surface area contributed by atoms with Gasteiger partial charge in [-0.05, 0) is 0 Å². The van der Waals surface area contributed by atoms with Crippen molar-refractivity contribution in [2.24, 2.45) is 0 Å². The lowest BCUT2D eigenvalue weighted by atomic mass is 10.1. The van der Waals surface area contributed by atoms with Crippen LogP contribution in [0.3, 0.4) is 0 Å². The SMILES string of the molecule is O=c1[nH]cnc2c1n1c[n+]2[C@@H]2O[C@H](COP(=O)(O)OP(=O)(O)OC[C@H]3O[C@@H]1[C@H](O)[C@@H]3O)[C@@H](O)[C@H]2O. The molecule has 2 saturated heterocycles. The van der Waals surface area contributed by atoms with E-state index in [4.69, 9.17) is 9.47 Å². The third-order valence-electron chi connectivity index (χ3n) is 5.79. The number of ether oxygens (including phenoxy) is 2. The zero-order valence-corrected chi connectivity index (χ0v) is 19.2. The molecule has 0 aliphatic carbocycles. The Kier molecular flexibility index (Phi) is 6.25. The Morgan fingerprint density at radius 3 is 2.23 bits per heavy atom. The van der Waals surface area contributed by atoms with Crippen molar-refractivity contribution in [2.75, 3.05) is 13.2 Å². The first kappa shape index (κ1) is 25.0. The summed E-state index contributed by atoms with van der Waals surface area (Å²) < 4.78 is 51.1. The Morgan fingerprint density at radius 2 is 1.57 bits per heavy atom. The van der Waals surface area contributed by atoms with E-state index in [1.54, 1.807) is 0 Å². The molecule has 0 aromatic carbocycles. The Bertz CT molecular complexity index is 1280. The van der Waals surface area contributed by atoms with E-state index in [1.807, 2.05) is 0 Å². The number of aromatic nitrogens is 4. The first-order chi connectivity index (χ1) is 16.4. The molecule has 5 heterocycles. The monoisotopic (exact) mass is 543 g/mol. The Hall–Kier alpha value is -1.63. The number of imidazole rings is 1. The van der Waals surface area contributed by atoms with Gasteiger partial charge < -0.3 is 39.7 Å². The van der Waals surface area contributed by atoms with Gasteiger partial charge in [-0.15, -0.1) is 0 Å². The molecule has 7 N–H and O–H groups in total. The van der Waals surface area contributed by atoms with Crippen LogP contribution in [0.15, 0.2) is 17.4 Å². The Morgan fingerprint density at radius 1 is 0.971 bits per heavy atom. The van der Waals surface area contributed by atoms with Gasteiger partial charge >= 0.3 is 21.3 Å². The molecule has 0 saturated carbocycles. The molecular weight excluding hydrogens is 522 g/mol. The van der Waals surface area contributed by atoms with E-state index in [-0.39, 0.29) is 11.2 Å². The first-order valence-corrected chi connectivity index (χ1v) is 13.1. The summed E-state index contributed by atoms with van der Waals surface area (Å²) in [5, 5.41) is 42.0. The number of rotatable bonds is 0. The minimum Gasteiger partial charge on any atom is -0.387 e. The van der Waals surface area contributed by atoms with Crippen molar-refractivity contribution < 1.29 is 66.7 Å². The molecule has 5 rings (SSSR count). The smallest absolute Gasteiger partial charge is 0.387 e. The predicted octanol–water partition coefficient (Wildman–Crippen LogP) is -3.49. The molecule has 3 aliphatic heterocycles. The van der Waals surface area contributed by atoms with E-state index in [9.17, 15) is 44.1 Å². The predicted molar refractivity (Wildman–Crippen MR) is 105 cm³/mol. The summed E-state index contributed by atoms with van der Waals surface area (Å²) in [5.74, 6) is 0. The van der Waals surface area contributed by atoms with Crippen molar-refractivity contribution in [3.05, 3.63) is 23.0 Å². The van der Waals surface area contributed by atoms with Crippen LogP contribution in [0.2, 0.25) is 0 Å². The van der Waals surface area contributed by atoms with E-state index in [1.165, 1.54) is 6.33 Å². The van der Waals surface area contributed by atoms with Crippen LogP contribution in [0.4, 0.5) is 0 Å². The first-order valence-electron chi connectivity index (χ1n) is 10.1. The Balaban J connectivity index is 1.64. The second kappa shape index (κ2) is 8.74. The molecule has 6 bridgehead atoms. The Labute approximate surface area is 194 Å². The molecule has 10 atom stereocenters. The third-order valence-corrected chi connectivity index (χ3v) is 8.40. The van der Waals surface area contributed by atoms with E-state index >= 15 is 0 Å². The zero-order valence-electron chi connectivity index (χ0n) is 17.4. The molecule has 2 unspecified atom stereocenters. The van der Waals surface area contributed by atoms with Crippen LogP contribution in [0, 0.1) is 0 Å². The second-order valence-electron chi connectivity index (χ2n) is 8.04. The number of fused-ring (bicyclic) bond motifs is 11. The van der Waals surface area contributed by atoms with Gasteiger partial charge in [-0.1, -0.05) is 4.98 Å². The lowest BCUT2D eigenvalue weighted by Gasteiger charge is -2.20. The number of H-pyrrole nitrogens is 1. The summed E-state index contributed by atoms with van der Waals surface area (Å²) >= 11 is 0. The molecule has 18 nitrogen and oxygen atoms in total. The highest BCUT2D eigenvalue weighted by atomic mass is 31.3. The highest BCUT2D eigenvalue weighted by Crippen LogP contribution is 2.60. The van der Waals surface area contributed by atoms with Gasteiger partial charge in [-0.2, -0.15) is 4.31 Å². The summed E-state index contributed by atoms with van der Waals surface area (Å²) in [7, 11) is -10.5. The average molecular weight is 543 g/mol. The highest BCUT2D eigenvalue weighted by Gasteiger charge is 2.52. The van der Waals surface area contributed by atoms with Crippen LogP contribution in [-0.4, -0.2) is 94.6 Å². The molecule has 20 heteroatoms. The molecule has 0 amide bonds. The van der Waals surface area contributed by atoms with E-state index < -0.39 is 83.5 Å². The minimum atomic E-state index is -5.26. The summed E-state index contributed by atoms with van der Waals surface area (Å²) in [6.45, 7) is -1.73. The molecule has 2 aromatic heterocycles. The molecule has 194 valence electrons. The van der Waals surface area contributed by atoms with Crippen molar-refractivity contribution in [3.8, 4) is 0 Å².